The van der Waals surface area contributed by atoms with Crippen molar-refractivity contribution in [3.05, 3.63) is 65.5 Å². The lowest BCUT2D eigenvalue weighted by atomic mass is 9.81. The molecule has 0 saturated heterocycles. The number of ketones is 1. The average molecular weight is 502 g/mol. The number of carbonyl (C=O) groups excluding carboxylic acids is 2. The van der Waals surface area contributed by atoms with Crippen molar-refractivity contribution in [2.75, 3.05) is 5.32 Å². The molecule has 2 aliphatic rings. The van der Waals surface area contributed by atoms with Gasteiger partial charge in [-0.2, -0.15) is 0 Å². The molecule has 2 fully saturated rings. The molecular weight excluding hydrogens is 465 g/mol. The van der Waals surface area contributed by atoms with E-state index in [1.54, 1.807) is 36.4 Å². The summed E-state index contributed by atoms with van der Waals surface area (Å²) in [4.78, 5) is 24.3. The minimum Gasteiger partial charge on any atom is -0.334 e. The summed E-state index contributed by atoms with van der Waals surface area (Å²) in [6.07, 6.45) is 9.98. The molecule has 3 N–H and O–H groups in total. The number of nitrogens with one attached hydrogen (secondary N) is 3. The standard InChI is InChI=1S/C28H36FN3O2.ClH/c1-19(33)22-5-4-6-25(18-22)31-28(34)32-27-8-3-2-7-26(27)30-24-15-11-21(12-16-24)17-20-9-13-23(29)14-10-20;/h4-6,9-10,13-14,18,21,24,26-27,30H,2-3,7-8,11-12,15-17H2,1H3,(H2,31,32,34);1H/t21-,24-,26-,27-;/m1./s1. The summed E-state index contributed by atoms with van der Waals surface area (Å²) in [7, 11) is 0. The Labute approximate surface area is 214 Å². The van der Waals surface area contributed by atoms with Crippen LogP contribution in [0, 0.1) is 11.7 Å². The smallest absolute Gasteiger partial charge is 0.319 e. The van der Waals surface area contributed by atoms with E-state index in [9.17, 15) is 14.0 Å². The van der Waals surface area contributed by atoms with Crippen molar-refractivity contribution in [2.24, 2.45) is 5.92 Å². The van der Waals surface area contributed by atoms with Crippen LogP contribution >= 0.6 is 12.4 Å². The summed E-state index contributed by atoms with van der Waals surface area (Å²) in [5, 5.41) is 9.92. The van der Waals surface area contributed by atoms with E-state index >= 15 is 0 Å². The van der Waals surface area contributed by atoms with Crippen LogP contribution < -0.4 is 16.0 Å². The quantitative estimate of drug-likeness (QED) is 0.391. The van der Waals surface area contributed by atoms with Crippen LogP contribution in [-0.2, 0) is 6.42 Å². The predicted molar refractivity (Wildman–Crippen MR) is 141 cm³/mol. The first-order valence-corrected chi connectivity index (χ1v) is 12.7. The number of hydrogen-bond donors (Lipinski definition) is 3. The number of urea groups is 1. The maximum Gasteiger partial charge on any atom is 0.319 e. The monoisotopic (exact) mass is 501 g/mol. The van der Waals surface area contributed by atoms with Crippen LogP contribution in [0.1, 0.15) is 74.2 Å². The molecule has 2 aromatic rings. The molecule has 0 aromatic heterocycles. The molecule has 0 bridgehead atoms. The molecule has 0 spiro atoms. The molecule has 2 saturated carbocycles. The normalized spacial score (nSPS) is 24.2. The molecule has 2 aliphatic carbocycles. The van der Waals surface area contributed by atoms with Crippen LogP contribution in [0.5, 0.6) is 0 Å². The highest BCUT2D eigenvalue weighted by molar-refractivity contribution is 5.96. The van der Waals surface area contributed by atoms with Crippen molar-refractivity contribution in [1.82, 2.24) is 10.6 Å². The molecule has 2 atom stereocenters. The zero-order chi connectivity index (χ0) is 23.9. The van der Waals surface area contributed by atoms with Crippen LogP contribution in [-0.4, -0.2) is 29.9 Å². The Hall–Kier alpha value is -2.44. The molecule has 0 unspecified atom stereocenters. The summed E-state index contributed by atoms with van der Waals surface area (Å²) in [5.74, 6) is 0.457. The lowest BCUT2D eigenvalue weighted by molar-refractivity contribution is 0.101. The topological polar surface area (TPSA) is 70.2 Å². The second-order valence-corrected chi connectivity index (χ2v) is 9.95. The second-order valence-electron chi connectivity index (χ2n) is 9.95. The maximum atomic E-state index is 13.2. The van der Waals surface area contributed by atoms with Crippen molar-refractivity contribution in [3.63, 3.8) is 0 Å². The van der Waals surface area contributed by atoms with Crippen molar-refractivity contribution in [2.45, 2.75) is 82.8 Å². The zero-order valence-corrected chi connectivity index (χ0v) is 21.2. The van der Waals surface area contributed by atoms with Gasteiger partial charge in [0, 0.05) is 29.4 Å². The average Bonchev–Trinajstić information content (AvgIpc) is 2.83. The Morgan fingerprint density at radius 3 is 2.29 bits per heavy atom. The molecule has 0 aliphatic heterocycles. The SMILES string of the molecule is CC(=O)c1cccc(NC(=O)N[C@@H]2CCCC[C@H]2N[C@H]2CC[C@H](Cc3ccc(F)cc3)CC2)c1.Cl. The summed E-state index contributed by atoms with van der Waals surface area (Å²) in [6, 6.07) is 14.6. The van der Waals surface area contributed by atoms with Crippen LogP contribution in [0.25, 0.3) is 0 Å². The van der Waals surface area contributed by atoms with E-state index in [4.69, 9.17) is 0 Å². The minimum atomic E-state index is -0.220. The fourth-order valence-electron chi connectivity index (χ4n) is 5.44. The number of amides is 2. The summed E-state index contributed by atoms with van der Waals surface area (Å²) in [6.45, 7) is 1.52. The molecular formula is C28H37ClFN3O2. The van der Waals surface area contributed by atoms with Gasteiger partial charge in [-0.25, -0.2) is 9.18 Å². The van der Waals surface area contributed by atoms with Crippen molar-refractivity contribution in [3.8, 4) is 0 Å². The van der Waals surface area contributed by atoms with E-state index in [-0.39, 0.29) is 42.1 Å². The van der Waals surface area contributed by atoms with Gasteiger partial charge in [-0.1, -0.05) is 37.1 Å². The first-order valence-electron chi connectivity index (χ1n) is 12.7. The number of Topliss-reactive ketones (excluding diaryl/α,β-unsaturated/α-hetero) is 1. The number of carbonyl (C=O) groups is 2. The summed E-state index contributed by atoms with van der Waals surface area (Å²) >= 11 is 0. The molecule has 35 heavy (non-hydrogen) atoms. The Morgan fingerprint density at radius 1 is 0.914 bits per heavy atom. The number of hydrogen-bond acceptors (Lipinski definition) is 3. The van der Waals surface area contributed by atoms with Gasteiger partial charge in [-0.15, -0.1) is 12.4 Å². The lowest BCUT2D eigenvalue weighted by Gasteiger charge is -2.38. The van der Waals surface area contributed by atoms with E-state index < -0.39 is 0 Å². The van der Waals surface area contributed by atoms with Crippen LogP contribution in [0.15, 0.2) is 48.5 Å². The third-order valence-corrected chi connectivity index (χ3v) is 7.34. The zero-order valence-electron chi connectivity index (χ0n) is 20.4. The van der Waals surface area contributed by atoms with Gasteiger partial charge >= 0.3 is 6.03 Å². The van der Waals surface area contributed by atoms with Crippen LogP contribution in [0.2, 0.25) is 0 Å². The van der Waals surface area contributed by atoms with Crippen LogP contribution in [0.3, 0.4) is 0 Å². The molecule has 7 heteroatoms. The van der Waals surface area contributed by atoms with Gasteiger partial charge in [0.2, 0.25) is 0 Å². The highest BCUT2D eigenvalue weighted by atomic mass is 35.5. The largest absolute Gasteiger partial charge is 0.334 e. The molecule has 0 radical (unpaired) electrons. The third-order valence-electron chi connectivity index (χ3n) is 7.34. The van der Waals surface area contributed by atoms with Gasteiger partial charge in [-0.3, -0.25) is 4.79 Å². The van der Waals surface area contributed by atoms with Gasteiger partial charge in [0.15, 0.2) is 5.78 Å². The Morgan fingerprint density at radius 2 is 1.60 bits per heavy atom. The van der Waals surface area contributed by atoms with Crippen LogP contribution in [0.4, 0.5) is 14.9 Å². The van der Waals surface area contributed by atoms with Gasteiger partial charge in [-0.05, 0) is 87.6 Å². The van der Waals surface area contributed by atoms with Gasteiger partial charge in [0.1, 0.15) is 5.82 Å². The van der Waals surface area contributed by atoms with E-state index in [2.05, 4.69) is 16.0 Å². The maximum absolute atomic E-state index is 13.2. The van der Waals surface area contributed by atoms with Crippen molar-refractivity contribution in [1.29, 1.82) is 0 Å². The number of anilines is 1. The van der Waals surface area contributed by atoms with Crippen molar-refractivity contribution >= 4 is 29.9 Å². The molecule has 0 heterocycles. The highest BCUT2D eigenvalue weighted by Crippen LogP contribution is 2.29. The number of halogens is 2. The molecule has 2 amide bonds. The summed E-state index contributed by atoms with van der Waals surface area (Å²) in [5.41, 5.74) is 2.43. The fraction of sp³-hybridized carbons (Fsp3) is 0.500. The summed E-state index contributed by atoms with van der Waals surface area (Å²) < 4.78 is 13.2. The molecule has 5 nitrogen and oxygen atoms in total. The Bertz CT molecular complexity index is 976. The molecule has 190 valence electrons. The number of benzene rings is 2. The second kappa shape index (κ2) is 13.0. The van der Waals surface area contributed by atoms with E-state index in [0.29, 0.717) is 23.2 Å². The Balaban J connectivity index is 0.00000342. The minimum absolute atomic E-state index is 0. The lowest BCUT2D eigenvalue weighted by Crippen LogP contribution is -2.55. The van der Waals surface area contributed by atoms with E-state index in [1.165, 1.54) is 31.7 Å². The van der Waals surface area contributed by atoms with Gasteiger partial charge in [0.05, 0.1) is 0 Å². The predicted octanol–water partition coefficient (Wildman–Crippen LogP) is 6.27. The van der Waals surface area contributed by atoms with Crippen molar-refractivity contribution < 1.29 is 14.0 Å². The highest BCUT2D eigenvalue weighted by Gasteiger charge is 2.30. The number of rotatable bonds is 7. The first kappa shape index (κ1) is 27.2. The third kappa shape index (κ3) is 8.04. The molecule has 4 rings (SSSR count). The van der Waals surface area contributed by atoms with E-state index in [0.717, 1.165) is 38.5 Å². The fourth-order valence-corrected chi connectivity index (χ4v) is 5.44. The first-order chi connectivity index (χ1) is 16.5. The van der Waals surface area contributed by atoms with Gasteiger partial charge < -0.3 is 16.0 Å². The Kier molecular flexibility index (Phi) is 10.1. The van der Waals surface area contributed by atoms with Gasteiger partial charge in [0.25, 0.3) is 0 Å². The van der Waals surface area contributed by atoms with E-state index in [1.807, 2.05) is 12.1 Å². The molecule has 2 aromatic carbocycles.